The zero-order chi connectivity index (χ0) is 27.0. The number of benzene rings is 2. The number of carboxylic acid groups (broad SMARTS) is 1. The summed E-state index contributed by atoms with van der Waals surface area (Å²) in [5.74, 6) is -1.03. The van der Waals surface area contributed by atoms with Crippen LogP contribution in [-0.2, 0) is 25.8 Å². The van der Waals surface area contributed by atoms with Gasteiger partial charge in [0.05, 0.1) is 15.4 Å². The van der Waals surface area contributed by atoms with Gasteiger partial charge in [0.1, 0.15) is 0 Å². The highest BCUT2D eigenvalue weighted by Crippen LogP contribution is 2.42. The smallest absolute Gasteiger partial charge is 0.303 e. The van der Waals surface area contributed by atoms with Gasteiger partial charge in [0.25, 0.3) is 5.91 Å². The van der Waals surface area contributed by atoms with E-state index in [9.17, 15) is 23.1 Å². The van der Waals surface area contributed by atoms with Gasteiger partial charge >= 0.3 is 5.97 Å². The molecule has 0 aliphatic carbocycles. The van der Waals surface area contributed by atoms with Crippen LogP contribution in [-0.4, -0.2) is 43.5 Å². The molecule has 38 heavy (non-hydrogen) atoms. The Morgan fingerprint density at radius 3 is 2.53 bits per heavy atom. The summed E-state index contributed by atoms with van der Waals surface area (Å²) < 4.78 is 27.4. The van der Waals surface area contributed by atoms with Crippen LogP contribution in [0.4, 0.5) is 5.69 Å². The summed E-state index contributed by atoms with van der Waals surface area (Å²) in [5, 5.41) is 16.1. The first-order valence-electron chi connectivity index (χ1n) is 12.5. The fourth-order valence-corrected chi connectivity index (χ4v) is 7.26. The van der Waals surface area contributed by atoms with Crippen molar-refractivity contribution in [2.45, 2.75) is 48.3 Å². The third-order valence-corrected chi connectivity index (χ3v) is 9.40. The summed E-state index contributed by atoms with van der Waals surface area (Å²) in [6, 6.07) is 11.7. The molecule has 2 aliphatic rings. The standard InChI is InChI=1S/C28H28ClN3O5S/c1-16-27(38(36,37)19-7-5-18(29)6-8-19)21(9-10-25(33)34)24(31-16)15-22-26-20(17-11-13-30-14-12-17)3-2-4-23(26)32-28(22)35/h2-8,15,17,30-31H,9-14H2,1H3,(H,32,35)(H,33,34)/b22-15-. The Morgan fingerprint density at radius 2 is 1.84 bits per heavy atom. The number of carbonyl (C=O) groups excluding carboxylic acids is 1. The van der Waals surface area contributed by atoms with Crippen LogP contribution < -0.4 is 10.6 Å². The summed E-state index contributed by atoms with van der Waals surface area (Å²) >= 11 is 5.96. The number of hydrogen-bond acceptors (Lipinski definition) is 5. The van der Waals surface area contributed by atoms with Gasteiger partial charge < -0.3 is 20.7 Å². The second-order valence-electron chi connectivity index (χ2n) is 9.63. The number of nitrogens with one attached hydrogen (secondary N) is 3. The molecule has 2 aromatic carbocycles. The van der Waals surface area contributed by atoms with E-state index in [0.29, 0.717) is 33.5 Å². The zero-order valence-corrected chi connectivity index (χ0v) is 22.4. The number of H-pyrrole nitrogens is 1. The number of carbonyl (C=O) groups is 2. The predicted molar refractivity (Wildman–Crippen MR) is 146 cm³/mol. The third kappa shape index (κ3) is 4.89. The summed E-state index contributed by atoms with van der Waals surface area (Å²) in [7, 11) is -4.00. The minimum absolute atomic E-state index is 0.0225. The summed E-state index contributed by atoms with van der Waals surface area (Å²) in [6.07, 6.45) is 3.28. The Hall–Kier alpha value is -3.40. The highest BCUT2D eigenvalue weighted by atomic mass is 35.5. The molecule has 0 spiro atoms. The van der Waals surface area contributed by atoms with Crippen LogP contribution in [0.3, 0.4) is 0 Å². The number of hydrogen-bond donors (Lipinski definition) is 4. The minimum atomic E-state index is -4.00. The first-order valence-corrected chi connectivity index (χ1v) is 14.3. The molecule has 10 heteroatoms. The van der Waals surface area contributed by atoms with Crippen molar-refractivity contribution in [2.75, 3.05) is 18.4 Å². The average molecular weight is 554 g/mol. The number of carboxylic acids is 1. The first kappa shape index (κ1) is 26.2. The van der Waals surface area contributed by atoms with Crippen molar-refractivity contribution in [3.63, 3.8) is 0 Å². The number of amides is 1. The minimum Gasteiger partial charge on any atom is -0.481 e. The van der Waals surface area contributed by atoms with E-state index < -0.39 is 15.8 Å². The second-order valence-corrected chi connectivity index (χ2v) is 12.0. The van der Waals surface area contributed by atoms with Crippen molar-refractivity contribution in [3.8, 4) is 0 Å². The summed E-state index contributed by atoms with van der Waals surface area (Å²) in [4.78, 5) is 27.9. The fraction of sp³-hybridized carbons (Fsp3) is 0.286. The van der Waals surface area contributed by atoms with Gasteiger partial charge in [0.2, 0.25) is 9.84 Å². The summed E-state index contributed by atoms with van der Waals surface area (Å²) in [6.45, 7) is 3.43. The van der Waals surface area contributed by atoms with Gasteiger partial charge in [0, 0.05) is 34.1 Å². The molecule has 1 aromatic heterocycles. The lowest BCUT2D eigenvalue weighted by atomic mass is 9.85. The Bertz CT molecular complexity index is 1550. The van der Waals surface area contributed by atoms with Crippen molar-refractivity contribution in [1.82, 2.24) is 10.3 Å². The fourth-order valence-electron chi connectivity index (χ4n) is 5.41. The number of anilines is 1. The topological polar surface area (TPSA) is 128 Å². The van der Waals surface area contributed by atoms with Crippen LogP contribution in [0.25, 0.3) is 11.6 Å². The number of aromatic nitrogens is 1. The largest absolute Gasteiger partial charge is 0.481 e. The Morgan fingerprint density at radius 1 is 1.13 bits per heavy atom. The Kier molecular flexibility index (Phi) is 7.17. The van der Waals surface area contributed by atoms with E-state index in [1.165, 1.54) is 24.3 Å². The maximum absolute atomic E-state index is 13.7. The van der Waals surface area contributed by atoms with Gasteiger partial charge in [-0.2, -0.15) is 0 Å². The average Bonchev–Trinajstić information content (AvgIpc) is 3.39. The van der Waals surface area contributed by atoms with Gasteiger partial charge in [-0.3, -0.25) is 9.59 Å². The molecule has 0 unspecified atom stereocenters. The SMILES string of the molecule is Cc1[nH]c(/C=C2\C(=O)Nc3cccc(C4CCNCC4)c32)c(CCC(=O)O)c1S(=O)(=O)c1ccc(Cl)cc1. The van der Waals surface area contributed by atoms with E-state index >= 15 is 0 Å². The van der Waals surface area contributed by atoms with Gasteiger partial charge in [0.15, 0.2) is 0 Å². The second kappa shape index (κ2) is 10.4. The molecule has 1 fully saturated rings. The van der Waals surface area contributed by atoms with E-state index in [1.807, 2.05) is 18.2 Å². The molecule has 198 valence electrons. The third-order valence-electron chi connectivity index (χ3n) is 7.17. The van der Waals surface area contributed by atoms with Crippen molar-refractivity contribution in [1.29, 1.82) is 0 Å². The van der Waals surface area contributed by atoms with Crippen molar-refractivity contribution < 1.29 is 23.1 Å². The molecule has 0 bridgehead atoms. The highest BCUT2D eigenvalue weighted by molar-refractivity contribution is 7.91. The summed E-state index contributed by atoms with van der Waals surface area (Å²) in [5.41, 5.74) is 4.18. The quantitative estimate of drug-likeness (QED) is 0.312. The maximum Gasteiger partial charge on any atom is 0.303 e. The Balaban J connectivity index is 1.66. The molecule has 2 aliphatic heterocycles. The van der Waals surface area contributed by atoms with Crippen LogP contribution in [0, 0.1) is 6.92 Å². The molecule has 1 amide bonds. The van der Waals surface area contributed by atoms with Crippen LogP contribution in [0.2, 0.25) is 5.02 Å². The van der Waals surface area contributed by atoms with Gasteiger partial charge in [-0.1, -0.05) is 23.7 Å². The lowest BCUT2D eigenvalue weighted by Gasteiger charge is -2.25. The molecule has 1 saturated heterocycles. The van der Waals surface area contributed by atoms with E-state index in [4.69, 9.17) is 11.6 Å². The van der Waals surface area contributed by atoms with Crippen LogP contribution in [0.5, 0.6) is 0 Å². The number of aryl methyl sites for hydroxylation is 1. The van der Waals surface area contributed by atoms with Gasteiger partial charge in [-0.05, 0) is 92.7 Å². The molecular weight excluding hydrogens is 526 g/mol. The number of aromatic amines is 1. The molecule has 0 saturated carbocycles. The normalized spacial score (nSPS) is 17.0. The highest BCUT2D eigenvalue weighted by Gasteiger charge is 2.32. The van der Waals surface area contributed by atoms with Crippen molar-refractivity contribution >= 4 is 50.7 Å². The lowest BCUT2D eigenvalue weighted by molar-refractivity contribution is -0.137. The van der Waals surface area contributed by atoms with E-state index in [1.54, 1.807) is 13.0 Å². The number of aliphatic carboxylic acids is 1. The zero-order valence-electron chi connectivity index (χ0n) is 20.8. The molecule has 4 N–H and O–H groups in total. The molecule has 0 radical (unpaired) electrons. The van der Waals surface area contributed by atoms with Crippen molar-refractivity contribution in [3.05, 3.63) is 75.6 Å². The van der Waals surface area contributed by atoms with Crippen LogP contribution >= 0.6 is 11.6 Å². The molecule has 3 heterocycles. The van der Waals surface area contributed by atoms with Gasteiger partial charge in [-0.15, -0.1) is 0 Å². The first-order chi connectivity index (χ1) is 18.2. The number of fused-ring (bicyclic) bond motifs is 1. The lowest BCUT2D eigenvalue weighted by Crippen LogP contribution is -2.27. The number of sulfone groups is 1. The van der Waals surface area contributed by atoms with Gasteiger partial charge in [-0.25, -0.2) is 8.42 Å². The van der Waals surface area contributed by atoms with E-state index in [-0.39, 0.29) is 28.5 Å². The van der Waals surface area contributed by atoms with E-state index in [0.717, 1.165) is 42.7 Å². The Labute approximate surface area is 226 Å². The molecular formula is C28H28ClN3O5S. The molecule has 5 rings (SSSR count). The molecule has 0 atom stereocenters. The predicted octanol–water partition coefficient (Wildman–Crippen LogP) is 4.79. The number of rotatable bonds is 7. The maximum atomic E-state index is 13.7. The van der Waals surface area contributed by atoms with Crippen LogP contribution in [0.1, 0.15) is 53.3 Å². The van der Waals surface area contributed by atoms with Crippen LogP contribution in [0.15, 0.2) is 52.3 Å². The van der Waals surface area contributed by atoms with E-state index in [2.05, 4.69) is 15.6 Å². The monoisotopic (exact) mass is 553 g/mol. The molecule has 8 nitrogen and oxygen atoms in total. The molecule has 3 aromatic rings. The number of halogens is 1. The van der Waals surface area contributed by atoms with Crippen molar-refractivity contribution in [2.24, 2.45) is 0 Å². The number of piperidine rings is 1.